The van der Waals surface area contributed by atoms with Crippen LogP contribution in [0.5, 0.6) is 0 Å². The lowest BCUT2D eigenvalue weighted by atomic mass is 9.49. The third kappa shape index (κ3) is 3.62. The number of aromatic nitrogens is 4. The number of nitrogens with zero attached hydrogens (tertiary/aromatic N) is 4. The van der Waals surface area contributed by atoms with Crippen molar-refractivity contribution in [2.24, 2.45) is 40.9 Å². The predicted octanol–water partition coefficient (Wildman–Crippen LogP) is 4.04. The maximum absolute atomic E-state index is 13.5. The van der Waals surface area contributed by atoms with Crippen molar-refractivity contribution >= 4 is 16.8 Å². The fourth-order valence-corrected chi connectivity index (χ4v) is 9.02. The van der Waals surface area contributed by atoms with Crippen molar-refractivity contribution in [3.63, 3.8) is 0 Å². The van der Waals surface area contributed by atoms with Crippen LogP contribution in [-0.2, 0) is 16.1 Å². The summed E-state index contributed by atoms with van der Waals surface area (Å²) in [7, 11) is 1.70. The van der Waals surface area contributed by atoms with Crippen molar-refractivity contribution in [1.82, 2.24) is 20.0 Å². The highest BCUT2D eigenvalue weighted by Gasteiger charge is 2.59. The molecule has 184 valence electrons. The standard InChI is InChI=1S/C27H38N4O3/c1-26-10-7-19-18-8-11-27(33,16-34-2)13-17(18)3-4-20(19)21(26)5-6-22(26)25(32)15-31-29-23-9-12-28-14-24(23)30-31/h9,12,14,17-22,33H,3-8,10-11,13,15-16H2,1-2H3/t17-,18-,19+,20+,21-,22+,26-,27+/m0/s1. The Kier molecular flexibility index (Phi) is 5.56. The van der Waals surface area contributed by atoms with Crippen LogP contribution in [0.4, 0.5) is 0 Å². The van der Waals surface area contributed by atoms with E-state index in [0.717, 1.165) is 60.9 Å². The fraction of sp³-hybridized carbons (Fsp3) is 0.778. The highest BCUT2D eigenvalue weighted by atomic mass is 16.5. The largest absolute Gasteiger partial charge is 0.387 e. The lowest BCUT2D eigenvalue weighted by Gasteiger charge is -2.57. The number of methoxy groups -OCH3 is 1. The molecule has 0 radical (unpaired) electrons. The number of fused-ring (bicyclic) bond motifs is 6. The molecule has 2 aromatic heterocycles. The van der Waals surface area contributed by atoms with Crippen LogP contribution in [0.15, 0.2) is 18.5 Å². The minimum atomic E-state index is -0.627. The number of ketones is 1. The maximum Gasteiger partial charge on any atom is 0.159 e. The molecule has 0 saturated heterocycles. The van der Waals surface area contributed by atoms with E-state index in [2.05, 4.69) is 22.1 Å². The van der Waals surface area contributed by atoms with E-state index in [1.54, 1.807) is 24.3 Å². The summed E-state index contributed by atoms with van der Waals surface area (Å²) in [4.78, 5) is 19.2. The predicted molar refractivity (Wildman–Crippen MR) is 128 cm³/mol. The van der Waals surface area contributed by atoms with Crippen molar-refractivity contribution in [1.29, 1.82) is 0 Å². The summed E-state index contributed by atoms with van der Waals surface area (Å²) in [6.45, 7) is 3.13. The minimum Gasteiger partial charge on any atom is -0.387 e. The molecule has 2 aromatic rings. The molecule has 4 fully saturated rings. The van der Waals surface area contributed by atoms with Gasteiger partial charge in [0.15, 0.2) is 5.78 Å². The van der Waals surface area contributed by atoms with Gasteiger partial charge in [0, 0.05) is 19.2 Å². The summed E-state index contributed by atoms with van der Waals surface area (Å²) in [6.07, 6.45) is 13.4. The first-order valence-corrected chi connectivity index (χ1v) is 13.3. The van der Waals surface area contributed by atoms with Crippen LogP contribution in [0.25, 0.3) is 11.0 Å². The van der Waals surface area contributed by atoms with Gasteiger partial charge in [-0.05, 0) is 98.9 Å². The van der Waals surface area contributed by atoms with E-state index in [0.29, 0.717) is 24.2 Å². The Morgan fingerprint density at radius 3 is 2.74 bits per heavy atom. The monoisotopic (exact) mass is 466 g/mol. The van der Waals surface area contributed by atoms with Gasteiger partial charge in [0.25, 0.3) is 0 Å². The van der Waals surface area contributed by atoms with Crippen LogP contribution >= 0.6 is 0 Å². The van der Waals surface area contributed by atoms with E-state index in [4.69, 9.17) is 4.74 Å². The van der Waals surface area contributed by atoms with Crippen LogP contribution in [0.1, 0.15) is 64.7 Å². The number of Topliss-reactive ketones (excluding diaryl/α,β-unsaturated/α-hetero) is 1. The fourth-order valence-electron chi connectivity index (χ4n) is 9.02. The lowest BCUT2D eigenvalue weighted by molar-refractivity contribution is -0.137. The maximum atomic E-state index is 13.5. The average molecular weight is 467 g/mol. The van der Waals surface area contributed by atoms with E-state index < -0.39 is 5.60 Å². The summed E-state index contributed by atoms with van der Waals surface area (Å²) < 4.78 is 5.34. The normalized spacial score (nSPS) is 41.6. The molecule has 4 aliphatic rings. The van der Waals surface area contributed by atoms with Crippen molar-refractivity contribution in [3.05, 3.63) is 18.5 Å². The molecule has 4 aliphatic carbocycles. The summed E-state index contributed by atoms with van der Waals surface area (Å²) >= 11 is 0. The third-order valence-electron chi connectivity index (χ3n) is 10.4. The Hall–Kier alpha value is -1.86. The summed E-state index contributed by atoms with van der Waals surface area (Å²) in [5.74, 6) is 3.94. The molecular weight excluding hydrogens is 428 g/mol. The molecule has 0 amide bonds. The quantitative estimate of drug-likeness (QED) is 0.715. The van der Waals surface area contributed by atoms with Crippen molar-refractivity contribution < 1.29 is 14.6 Å². The number of carbonyl (C=O) groups excluding carboxylic acids is 1. The number of hydrogen-bond donors (Lipinski definition) is 1. The van der Waals surface area contributed by atoms with Gasteiger partial charge >= 0.3 is 0 Å². The highest BCUT2D eigenvalue weighted by Crippen LogP contribution is 2.64. The first-order chi connectivity index (χ1) is 16.4. The molecule has 7 heteroatoms. The molecule has 0 spiro atoms. The molecule has 0 aliphatic heterocycles. The summed E-state index contributed by atoms with van der Waals surface area (Å²) in [5, 5.41) is 20.0. The van der Waals surface area contributed by atoms with Crippen LogP contribution in [0.3, 0.4) is 0 Å². The Morgan fingerprint density at radius 1 is 1.09 bits per heavy atom. The minimum absolute atomic E-state index is 0.102. The second kappa shape index (κ2) is 8.37. The average Bonchev–Trinajstić information content (AvgIpc) is 3.38. The molecule has 8 atom stereocenters. The zero-order valence-corrected chi connectivity index (χ0v) is 20.5. The number of carbonyl (C=O) groups is 1. The van der Waals surface area contributed by atoms with E-state index in [1.807, 2.05) is 6.07 Å². The molecule has 7 nitrogen and oxygen atoms in total. The van der Waals surface area contributed by atoms with Crippen molar-refractivity contribution in [2.75, 3.05) is 13.7 Å². The lowest BCUT2D eigenvalue weighted by Crippen LogP contribution is -2.52. The van der Waals surface area contributed by atoms with Crippen molar-refractivity contribution in [2.45, 2.75) is 76.9 Å². The molecule has 6 rings (SSSR count). The molecule has 34 heavy (non-hydrogen) atoms. The van der Waals surface area contributed by atoms with Gasteiger partial charge in [-0.1, -0.05) is 6.92 Å². The van der Waals surface area contributed by atoms with Crippen LogP contribution < -0.4 is 0 Å². The Labute approximate surface area is 201 Å². The molecule has 2 heterocycles. The molecule has 0 unspecified atom stereocenters. The van der Waals surface area contributed by atoms with E-state index in [9.17, 15) is 9.90 Å². The van der Waals surface area contributed by atoms with E-state index >= 15 is 0 Å². The molecular formula is C27H38N4O3. The summed E-state index contributed by atoms with van der Waals surface area (Å²) in [5.41, 5.74) is 1.01. The van der Waals surface area contributed by atoms with E-state index in [-0.39, 0.29) is 17.9 Å². The number of rotatable bonds is 5. The van der Waals surface area contributed by atoms with Gasteiger partial charge in [0.2, 0.25) is 0 Å². The second-order valence-electron chi connectivity index (χ2n) is 12.1. The highest BCUT2D eigenvalue weighted by molar-refractivity contribution is 5.82. The van der Waals surface area contributed by atoms with Gasteiger partial charge in [-0.25, -0.2) is 0 Å². The molecule has 0 bridgehead atoms. The zero-order valence-electron chi connectivity index (χ0n) is 20.5. The van der Waals surface area contributed by atoms with Gasteiger partial charge in [0.05, 0.1) is 18.4 Å². The Balaban J connectivity index is 1.16. The molecule has 1 N–H and O–H groups in total. The van der Waals surface area contributed by atoms with Crippen molar-refractivity contribution in [3.8, 4) is 0 Å². The van der Waals surface area contributed by atoms with Gasteiger partial charge in [-0.2, -0.15) is 15.0 Å². The van der Waals surface area contributed by atoms with Crippen LogP contribution in [0, 0.1) is 40.9 Å². The summed E-state index contributed by atoms with van der Waals surface area (Å²) in [6, 6.07) is 1.84. The number of hydrogen-bond acceptors (Lipinski definition) is 6. The Bertz CT molecular complexity index is 1040. The molecule has 4 saturated carbocycles. The smallest absolute Gasteiger partial charge is 0.159 e. The number of ether oxygens (including phenoxy) is 1. The Morgan fingerprint density at radius 2 is 1.91 bits per heavy atom. The van der Waals surface area contributed by atoms with Gasteiger partial charge in [-0.3, -0.25) is 9.78 Å². The molecule has 0 aromatic carbocycles. The first kappa shape index (κ1) is 22.6. The SMILES string of the molecule is COC[C@@]1(O)CC[C@H]2[C@@H](CC[C@@H]3[C@@H]2CC[C@]2(C)[C@@H](C(=O)Cn4nc5ccncc5n4)CC[C@@H]32)C1. The van der Waals surface area contributed by atoms with Crippen LogP contribution in [-0.4, -0.2) is 50.2 Å². The topological polar surface area (TPSA) is 90.1 Å². The number of aliphatic hydroxyl groups is 1. The first-order valence-electron chi connectivity index (χ1n) is 13.3. The van der Waals surface area contributed by atoms with Gasteiger partial charge < -0.3 is 9.84 Å². The van der Waals surface area contributed by atoms with Crippen LogP contribution in [0.2, 0.25) is 0 Å². The second-order valence-corrected chi connectivity index (χ2v) is 12.1. The van der Waals surface area contributed by atoms with Gasteiger partial charge in [0.1, 0.15) is 17.6 Å². The van der Waals surface area contributed by atoms with E-state index in [1.165, 1.54) is 25.7 Å². The zero-order chi connectivity index (χ0) is 23.5. The number of pyridine rings is 1. The van der Waals surface area contributed by atoms with Gasteiger partial charge in [-0.15, -0.1) is 0 Å². The third-order valence-corrected chi connectivity index (χ3v) is 10.4.